The number of aromatic nitrogens is 3. The van der Waals surface area contributed by atoms with Crippen molar-refractivity contribution in [2.75, 3.05) is 5.32 Å². The van der Waals surface area contributed by atoms with E-state index in [0.717, 1.165) is 24.1 Å². The van der Waals surface area contributed by atoms with Crippen LogP contribution in [0.2, 0.25) is 5.02 Å². The molecule has 1 amide bonds. The molecular weight excluding hydrogens is 466 g/mol. The SMILES string of the molecule is CCCc1cc(-c2ccc(Cl)cc2)nc2c(OC(=O)Nc3cccc(S(N)(=O)=O)c3)cnn12. The summed E-state index contributed by atoms with van der Waals surface area (Å²) in [4.78, 5) is 17.0. The van der Waals surface area contributed by atoms with Gasteiger partial charge in [0.2, 0.25) is 10.0 Å². The molecule has 0 spiro atoms. The van der Waals surface area contributed by atoms with Gasteiger partial charge in [0.1, 0.15) is 0 Å². The van der Waals surface area contributed by atoms with Gasteiger partial charge in [0.25, 0.3) is 0 Å². The molecule has 0 aliphatic heterocycles. The number of anilines is 1. The molecule has 33 heavy (non-hydrogen) atoms. The lowest BCUT2D eigenvalue weighted by molar-refractivity contribution is 0.215. The van der Waals surface area contributed by atoms with Gasteiger partial charge in [-0.05, 0) is 42.8 Å². The molecule has 2 aromatic carbocycles. The van der Waals surface area contributed by atoms with Crippen LogP contribution in [0.25, 0.3) is 16.9 Å². The van der Waals surface area contributed by atoms with Gasteiger partial charge in [-0.1, -0.05) is 43.1 Å². The van der Waals surface area contributed by atoms with Gasteiger partial charge in [0.05, 0.1) is 16.8 Å². The number of rotatable bonds is 6. The van der Waals surface area contributed by atoms with Crippen molar-refractivity contribution in [3.8, 4) is 17.0 Å². The second-order valence-corrected chi connectivity index (χ2v) is 9.22. The number of carbonyl (C=O) groups is 1. The molecule has 4 aromatic rings. The molecule has 170 valence electrons. The number of sulfonamides is 1. The number of nitrogens with one attached hydrogen (secondary N) is 1. The normalized spacial score (nSPS) is 11.5. The maximum atomic E-state index is 12.5. The van der Waals surface area contributed by atoms with Crippen molar-refractivity contribution >= 4 is 39.1 Å². The van der Waals surface area contributed by atoms with E-state index in [2.05, 4.69) is 22.3 Å². The number of hydrogen-bond donors (Lipinski definition) is 2. The maximum absolute atomic E-state index is 12.5. The molecule has 0 fully saturated rings. The Balaban J connectivity index is 1.65. The predicted octanol–water partition coefficient (Wildman–Crippen LogP) is 4.26. The number of hydrogen-bond acceptors (Lipinski definition) is 6. The van der Waals surface area contributed by atoms with Crippen LogP contribution in [-0.2, 0) is 16.4 Å². The lowest BCUT2D eigenvalue weighted by Crippen LogP contribution is -2.18. The molecule has 0 aliphatic rings. The molecule has 2 heterocycles. The summed E-state index contributed by atoms with van der Waals surface area (Å²) in [6.07, 6.45) is 2.21. The summed E-state index contributed by atoms with van der Waals surface area (Å²) in [6, 6.07) is 14.8. The molecule has 0 saturated heterocycles. The highest BCUT2D eigenvalue weighted by molar-refractivity contribution is 7.89. The highest BCUT2D eigenvalue weighted by Crippen LogP contribution is 2.26. The van der Waals surface area contributed by atoms with E-state index in [1.54, 1.807) is 16.6 Å². The van der Waals surface area contributed by atoms with E-state index in [4.69, 9.17) is 21.5 Å². The van der Waals surface area contributed by atoms with Crippen molar-refractivity contribution in [3.05, 3.63) is 71.5 Å². The minimum atomic E-state index is -3.91. The first-order valence-corrected chi connectivity index (χ1v) is 11.9. The van der Waals surface area contributed by atoms with Gasteiger partial charge in [-0.25, -0.2) is 27.9 Å². The molecule has 11 heteroatoms. The number of halogens is 1. The Bertz CT molecular complexity index is 1440. The van der Waals surface area contributed by atoms with Crippen LogP contribution >= 0.6 is 11.6 Å². The Morgan fingerprint density at radius 3 is 2.64 bits per heavy atom. The van der Waals surface area contributed by atoms with E-state index >= 15 is 0 Å². The summed E-state index contributed by atoms with van der Waals surface area (Å²) in [5.74, 6) is 0.156. The molecule has 9 nitrogen and oxygen atoms in total. The van der Waals surface area contributed by atoms with Crippen LogP contribution in [0.5, 0.6) is 5.75 Å². The number of ether oxygens (including phenoxy) is 1. The fourth-order valence-electron chi connectivity index (χ4n) is 3.27. The maximum Gasteiger partial charge on any atom is 0.417 e. The van der Waals surface area contributed by atoms with Crippen LogP contribution in [0.1, 0.15) is 19.0 Å². The van der Waals surface area contributed by atoms with Crippen LogP contribution < -0.4 is 15.2 Å². The van der Waals surface area contributed by atoms with E-state index in [1.165, 1.54) is 30.5 Å². The summed E-state index contributed by atoms with van der Waals surface area (Å²) in [6.45, 7) is 2.05. The fourth-order valence-corrected chi connectivity index (χ4v) is 3.96. The van der Waals surface area contributed by atoms with Crippen LogP contribution in [0, 0.1) is 0 Å². The predicted molar refractivity (Wildman–Crippen MR) is 125 cm³/mol. The third-order valence-electron chi connectivity index (χ3n) is 4.77. The zero-order chi connectivity index (χ0) is 23.6. The van der Waals surface area contributed by atoms with Crippen LogP contribution in [0.15, 0.2) is 65.7 Å². The average Bonchev–Trinajstić information content (AvgIpc) is 3.17. The van der Waals surface area contributed by atoms with E-state index in [-0.39, 0.29) is 16.3 Å². The van der Waals surface area contributed by atoms with Gasteiger partial charge in [-0.2, -0.15) is 5.10 Å². The first-order valence-electron chi connectivity index (χ1n) is 10.00. The summed E-state index contributed by atoms with van der Waals surface area (Å²) in [5.41, 5.74) is 3.04. The Labute approximate surface area is 195 Å². The van der Waals surface area contributed by atoms with E-state index in [1.807, 2.05) is 18.2 Å². The van der Waals surface area contributed by atoms with Crippen LogP contribution in [-0.4, -0.2) is 29.1 Å². The smallest absolute Gasteiger partial charge is 0.404 e. The standard InChI is InChI=1S/C22H20ClN5O4S/c1-2-4-17-12-19(14-7-9-15(23)10-8-14)27-21-20(13-25-28(17)21)32-22(29)26-16-5-3-6-18(11-16)33(24,30)31/h3,5-13H,2,4H2,1H3,(H,26,29)(H2,24,30,31). The van der Waals surface area contributed by atoms with Crippen molar-refractivity contribution in [2.45, 2.75) is 24.7 Å². The summed E-state index contributed by atoms with van der Waals surface area (Å²) >= 11 is 6.00. The largest absolute Gasteiger partial charge is 0.417 e. The minimum Gasteiger partial charge on any atom is -0.404 e. The Morgan fingerprint density at radius 2 is 1.94 bits per heavy atom. The van der Waals surface area contributed by atoms with Crippen molar-refractivity contribution in [3.63, 3.8) is 0 Å². The fraction of sp³-hybridized carbons (Fsp3) is 0.136. The Hall–Kier alpha value is -3.47. The van der Waals surface area contributed by atoms with Gasteiger partial charge in [0.15, 0.2) is 11.4 Å². The number of benzene rings is 2. The average molecular weight is 486 g/mol. The topological polar surface area (TPSA) is 129 Å². The third kappa shape index (κ3) is 5.14. The first kappa shape index (κ1) is 22.7. The van der Waals surface area contributed by atoms with Gasteiger partial charge in [-0.15, -0.1) is 0 Å². The number of primary sulfonamides is 1. The zero-order valence-corrected chi connectivity index (χ0v) is 19.1. The van der Waals surface area contributed by atoms with Crippen molar-refractivity contribution in [1.29, 1.82) is 0 Å². The Kier molecular flexibility index (Phi) is 6.32. The lowest BCUT2D eigenvalue weighted by atomic mass is 10.1. The van der Waals surface area contributed by atoms with Gasteiger partial charge in [0, 0.05) is 22.0 Å². The second-order valence-electron chi connectivity index (χ2n) is 7.22. The lowest BCUT2D eigenvalue weighted by Gasteiger charge is -2.09. The number of nitrogens with two attached hydrogens (primary N) is 1. The highest BCUT2D eigenvalue weighted by atomic mass is 35.5. The number of amides is 1. The quantitative estimate of drug-likeness (QED) is 0.419. The van der Waals surface area contributed by atoms with Gasteiger partial charge in [-0.3, -0.25) is 5.32 Å². The molecule has 0 radical (unpaired) electrons. The summed E-state index contributed by atoms with van der Waals surface area (Å²) in [7, 11) is -3.91. The second kappa shape index (κ2) is 9.18. The molecule has 0 unspecified atom stereocenters. The van der Waals surface area contributed by atoms with Crippen LogP contribution in [0.4, 0.5) is 10.5 Å². The number of aryl methyl sites for hydroxylation is 1. The first-order chi connectivity index (χ1) is 15.7. The van der Waals surface area contributed by atoms with Crippen molar-refractivity contribution < 1.29 is 17.9 Å². The zero-order valence-electron chi connectivity index (χ0n) is 17.5. The molecule has 0 aliphatic carbocycles. The van der Waals surface area contributed by atoms with E-state index in [9.17, 15) is 13.2 Å². The summed E-state index contributed by atoms with van der Waals surface area (Å²) < 4.78 is 30.1. The van der Waals surface area contributed by atoms with Crippen LogP contribution in [0.3, 0.4) is 0 Å². The number of carbonyl (C=O) groups excluding carboxylic acids is 1. The molecular formula is C22H20ClN5O4S. The molecule has 0 atom stereocenters. The van der Waals surface area contributed by atoms with Gasteiger partial charge >= 0.3 is 6.09 Å². The Morgan fingerprint density at radius 1 is 1.18 bits per heavy atom. The van der Waals surface area contributed by atoms with Crippen molar-refractivity contribution in [2.24, 2.45) is 5.14 Å². The highest BCUT2D eigenvalue weighted by Gasteiger charge is 2.17. The molecule has 0 saturated carbocycles. The molecule has 3 N–H and O–H groups in total. The monoisotopic (exact) mass is 485 g/mol. The molecule has 2 aromatic heterocycles. The molecule has 0 bridgehead atoms. The van der Waals surface area contributed by atoms with E-state index < -0.39 is 16.1 Å². The molecule has 4 rings (SSSR count). The van der Waals surface area contributed by atoms with Gasteiger partial charge < -0.3 is 4.74 Å². The minimum absolute atomic E-state index is 0.130. The number of nitrogens with zero attached hydrogens (tertiary/aromatic N) is 3. The van der Waals surface area contributed by atoms with Crippen molar-refractivity contribution in [1.82, 2.24) is 14.6 Å². The summed E-state index contributed by atoms with van der Waals surface area (Å²) in [5, 5.41) is 12.6. The third-order valence-corrected chi connectivity index (χ3v) is 5.93. The number of fused-ring (bicyclic) bond motifs is 1. The van der Waals surface area contributed by atoms with E-state index in [0.29, 0.717) is 16.4 Å².